The van der Waals surface area contributed by atoms with Gasteiger partial charge >= 0.3 is 5.97 Å². The van der Waals surface area contributed by atoms with E-state index in [0.29, 0.717) is 19.0 Å². The van der Waals surface area contributed by atoms with Crippen LogP contribution < -0.4 is 4.74 Å². The van der Waals surface area contributed by atoms with E-state index in [9.17, 15) is 4.79 Å². The number of benzene rings is 1. The molecule has 1 aliphatic rings. The summed E-state index contributed by atoms with van der Waals surface area (Å²) in [7, 11) is 0. The first kappa shape index (κ1) is 15.3. The summed E-state index contributed by atoms with van der Waals surface area (Å²) in [5.41, 5.74) is 1.06. The molecule has 6 nitrogen and oxygen atoms in total. The fraction of sp³-hybridized carbons (Fsp3) is 0.294. The predicted molar refractivity (Wildman–Crippen MR) is 83.1 cm³/mol. The second-order valence-corrected chi connectivity index (χ2v) is 4.97. The number of rotatable bonds is 7. The van der Waals surface area contributed by atoms with E-state index in [1.807, 2.05) is 30.3 Å². The molecule has 3 rings (SSSR count). The number of carbonyl (C=O) groups is 1. The molecule has 120 valence electrons. The van der Waals surface area contributed by atoms with E-state index in [-0.39, 0.29) is 11.8 Å². The van der Waals surface area contributed by atoms with Crippen molar-refractivity contribution < 1.29 is 23.5 Å². The van der Waals surface area contributed by atoms with Crippen LogP contribution in [0.5, 0.6) is 5.75 Å². The number of epoxide rings is 1. The van der Waals surface area contributed by atoms with Gasteiger partial charge in [-0.05, 0) is 25.1 Å². The summed E-state index contributed by atoms with van der Waals surface area (Å²) < 4.78 is 20.8. The molecule has 0 spiro atoms. The maximum absolute atomic E-state index is 11.5. The third-order valence-corrected chi connectivity index (χ3v) is 3.19. The summed E-state index contributed by atoms with van der Waals surface area (Å²) in [5.74, 6) is 0.738. The fourth-order valence-electron chi connectivity index (χ4n) is 1.94. The van der Waals surface area contributed by atoms with Crippen LogP contribution in [0.1, 0.15) is 28.7 Å². The van der Waals surface area contributed by atoms with Gasteiger partial charge in [-0.15, -0.1) is 0 Å². The SMILES string of the molecule is CCOC(=O)c1cc(/C=C/c2ccccc2OCC2CO2)on1. The van der Waals surface area contributed by atoms with Gasteiger partial charge in [0.25, 0.3) is 0 Å². The Morgan fingerprint density at radius 3 is 3.00 bits per heavy atom. The highest BCUT2D eigenvalue weighted by molar-refractivity contribution is 5.87. The van der Waals surface area contributed by atoms with E-state index in [1.54, 1.807) is 13.0 Å². The molecule has 6 heteroatoms. The van der Waals surface area contributed by atoms with Crippen molar-refractivity contribution in [3.63, 3.8) is 0 Å². The molecular formula is C17H17NO5. The summed E-state index contributed by atoms with van der Waals surface area (Å²) in [6.45, 7) is 3.33. The first-order valence-corrected chi connectivity index (χ1v) is 7.41. The highest BCUT2D eigenvalue weighted by Crippen LogP contribution is 2.22. The van der Waals surface area contributed by atoms with Gasteiger partial charge in [0.05, 0.1) is 13.2 Å². The van der Waals surface area contributed by atoms with E-state index in [1.165, 1.54) is 6.07 Å². The Hall–Kier alpha value is -2.60. The van der Waals surface area contributed by atoms with Gasteiger partial charge in [-0.25, -0.2) is 4.79 Å². The van der Waals surface area contributed by atoms with E-state index in [2.05, 4.69) is 5.16 Å². The van der Waals surface area contributed by atoms with E-state index in [4.69, 9.17) is 18.7 Å². The Labute approximate surface area is 133 Å². The number of ether oxygens (including phenoxy) is 3. The van der Waals surface area contributed by atoms with Crippen LogP contribution in [0.3, 0.4) is 0 Å². The van der Waals surface area contributed by atoms with Crippen LogP contribution in [0.4, 0.5) is 0 Å². The summed E-state index contributed by atoms with van der Waals surface area (Å²) in [6.07, 6.45) is 3.78. The smallest absolute Gasteiger partial charge is 0.360 e. The zero-order chi connectivity index (χ0) is 16.1. The molecule has 1 fully saturated rings. The monoisotopic (exact) mass is 315 g/mol. The summed E-state index contributed by atoms with van der Waals surface area (Å²) in [5, 5.41) is 3.69. The molecular weight excluding hydrogens is 298 g/mol. The van der Waals surface area contributed by atoms with Gasteiger partial charge in [0.15, 0.2) is 11.5 Å². The molecule has 1 saturated heterocycles. The van der Waals surface area contributed by atoms with Crippen molar-refractivity contribution in [2.75, 3.05) is 19.8 Å². The van der Waals surface area contributed by atoms with Gasteiger partial charge in [-0.3, -0.25) is 0 Å². The standard InChI is InChI=1S/C17H17NO5/c1-2-20-17(19)15-9-13(23-18-15)8-7-12-5-3-4-6-16(12)22-11-14-10-21-14/h3-9,14H,2,10-11H2,1H3/b8-7+. The molecule has 1 aromatic heterocycles. The van der Waals surface area contributed by atoms with Gasteiger partial charge in [-0.2, -0.15) is 0 Å². The number of hydrogen-bond acceptors (Lipinski definition) is 6. The van der Waals surface area contributed by atoms with Crippen molar-refractivity contribution in [2.24, 2.45) is 0 Å². The van der Waals surface area contributed by atoms with Crippen LogP contribution in [0.2, 0.25) is 0 Å². The van der Waals surface area contributed by atoms with Gasteiger partial charge in [0.1, 0.15) is 18.5 Å². The van der Waals surface area contributed by atoms with Crippen LogP contribution in [-0.2, 0) is 9.47 Å². The van der Waals surface area contributed by atoms with Crippen molar-refractivity contribution in [1.29, 1.82) is 0 Å². The summed E-state index contributed by atoms with van der Waals surface area (Å²) in [4.78, 5) is 11.5. The number of aromatic nitrogens is 1. The first-order chi connectivity index (χ1) is 11.3. The average molecular weight is 315 g/mol. The maximum atomic E-state index is 11.5. The number of hydrogen-bond donors (Lipinski definition) is 0. The van der Waals surface area contributed by atoms with Gasteiger partial charge in [0.2, 0.25) is 0 Å². The lowest BCUT2D eigenvalue weighted by molar-refractivity contribution is 0.0514. The van der Waals surface area contributed by atoms with Crippen molar-refractivity contribution >= 4 is 18.1 Å². The molecule has 2 aromatic rings. The number of carbonyl (C=O) groups excluding carboxylic acids is 1. The Bertz CT molecular complexity index is 703. The minimum Gasteiger partial charge on any atom is -0.490 e. The number of nitrogens with zero attached hydrogens (tertiary/aromatic N) is 1. The van der Waals surface area contributed by atoms with E-state index in [0.717, 1.165) is 17.9 Å². The second kappa shape index (κ2) is 7.11. The molecule has 23 heavy (non-hydrogen) atoms. The van der Waals surface area contributed by atoms with Crippen molar-refractivity contribution in [2.45, 2.75) is 13.0 Å². The highest BCUT2D eigenvalue weighted by Gasteiger charge is 2.23. The molecule has 2 heterocycles. The molecule has 1 unspecified atom stereocenters. The van der Waals surface area contributed by atoms with Crippen LogP contribution in [0.15, 0.2) is 34.9 Å². The molecule has 0 saturated carbocycles. The van der Waals surface area contributed by atoms with E-state index >= 15 is 0 Å². The quantitative estimate of drug-likeness (QED) is 0.578. The van der Waals surface area contributed by atoms with Crippen LogP contribution >= 0.6 is 0 Å². The third kappa shape index (κ3) is 4.20. The average Bonchev–Trinajstić information content (AvgIpc) is 3.27. The second-order valence-electron chi connectivity index (χ2n) is 4.97. The highest BCUT2D eigenvalue weighted by atomic mass is 16.6. The molecule has 1 aromatic carbocycles. The molecule has 0 radical (unpaired) electrons. The predicted octanol–water partition coefficient (Wildman–Crippen LogP) is 2.80. The molecule has 1 aliphatic heterocycles. The lowest BCUT2D eigenvalue weighted by Gasteiger charge is -2.07. The van der Waals surface area contributed by atoms with Crippen molar-refractivity contribution in [3.8, 4) is 5.75 Å². The fourth-order valence-corrected chi connectivity index (χ4v) is 1.94. The van der Waals surface area contributed by atoms with Crippen molar-refractivity contribution in [1.82, 2.24) is 5.16 Å². The largest absolute Gasteiger partial charge is 0.490 e. The number of esters is 1. The van der Waals surface area contributed by atoms with Crippen LogP contribution in [-0.4, -0.2) is 37.1 Å². The molecule has 0 aliphatic carbocycles. The number of para-hydroxylation sites is 1. The first-order valence-electron chi connectivity index (χ1n) is 7.41. The maximum Gasteiger partial charge on any atom is 0.360 e. The Morgan fingerprint density at radius 1 is 1.39 bits per heavy atom. The zero-order valence-electron chi connectivity index (χ0n) is 12.7. The molecule has 1 atom stereocenters. The summed E-state index contributed by atoms with van der Waals surface area (Å²) in [6, 6.07) is 9.20. The van der Waals surface area contributed by atoms with E-state index < -0.39 is 5.97 Å². The lowest BCUT2D eigenvalue weighted by Crippen LogP contribution is -2.04. The Morgan fingerprint density at radius 2 is 2.22 bits per heavy atom. The third-order valence-electron chi connectivity index (χ3n) is 3.19. The Balaban J connectivity index is 1.68. The normalized spacial score (nSPS) is 16.5. The molecule has 0 amide bonds. The van der Waals surface area contributed by atoms with Crippen LogP contribution in [0, 0.1) is 0 Å². The van der Waals surface area contributed by atoms with Crippen LogP contribution in [0.25, 0.3) is 12.2 Å². The topological polar surface area (TPSA) is 74.1 Å². The van der Waals surface area contributed by atoms with Gasteiger partial charge in [0, 0.05) is 11.6 Å². The minimum atomic E-state index is -0.496. The molecule has 0 bridgehead atoms. The van der Waals surface area contributed by atoms with Crippen molar-refractivity contribution in [3.05, 3.63) is 47.3 Å². The lowest BCUT2D eigenvalue weighted by atomic mass is 10.2. The van der Waals surface area contributed by atoms with Gasteiger partial charge < -0.3 is 18.7 Å². The minimum absolute atomic E-state index is 0.155. The zero-order valence-corrected chi connectivity index (χ0v) is 12.7. The summed E-state index contributed by atoms with van der Waals surface area (Å²) >= 11 is 0. The Kier molecular flexibility index (Phi) is 4.73. The van der Waals surface area contributed by atoms with Gasteiger partial charge in [-0.1, -0.05) is 23.4 Å². The molecule has 0 N–H and O–H groups in total.